The molecule has 1 aliphatic heterocycles. The minimum atomic E-state index is -1.02. The van der Waals surface area contributed by atoms with E-state index in [-0.39, 0.29) is 26.5 Å². The van der Waals surface area contributed by atoms with E-state index in [4.69, 9.17) is 10.8 Å². The molecular weight excluding hydrogens is 315 g/mol. The summed E-state index contributed by atoms with van der Waals surface area (Å²) in [5.41, 5.74) is 0.0126. The van der Waals surface area contributed by atoms with Crippen molar-refractivity contribution in [3.8, 4) is 0 Å². The molecule has 1 fully saturated rings. The molecule has 1 aliphatic rings. The van der Waals surface area contributed by atoms with E-state index in [0.29, 0.717) is 18.8 Å². The third-order valence-corrected chi connectivity index (χ3v) is 5.08. The Kier molecular flexibility index (Phi) is 4.82. The molecule has 1 aromatic rings. The molecule has 3 heteroatoms. The van der Waals surface area contributed by atoms with Crippen molar-refractivity contribution >= 4 is 19.4 Å². The van der Waals surface area contributed by atoms with E-state index in [0.717, 1.165) is 0 Å². The summed E-state index contributed by atoms with van der Waals surface area (Å²) in [6.07, 6.45) is -0.399. The number of benzene rings is 1. The molecular formula is C17H24O2Se. The van der Waals surface area contributed by atoms with Crippen LogP contribution < -0.4 is 4.46 Å². The maximum absolute atomic E-state index is 8.61. The first-order chi connectivity index (χ1) is 9.85. The first-order valence-corrected chi connectivity index (χ1v) is 8.92. The van der Waals surface area contributed by atoms with Gasteiger partial charge in [-0.2, -0.15) is 0 Å². The summed E-state index contributed by atoms with van der Waals surface area (Å²) < 4.78 is 21.7. The summed E-state index contributed by atoms with van der Waals surface area (Å²) in [6.45, 7) is 8.90. The Morgan fingerprint density at radius 2 is 2.10 bits per heavy atom. The van der Waals surface area contributed by atoms with Gasteiger partial charge in [-0.25, -0.2) is 0 Å². The molecule has 0 unspecified atom stereocenters. The van der Waals surface area contributed by atoms with Crippen LogP contribution in [0.1, 0.15) is 35.5 Å². The number of ether oxygens (including phenoxy) is 2. The summed E-state index contributed by atoms with van der Waals surface area (Å²) in [5, 5.41) is 0. The zero-order valence-electron chi connectivity index (χ0n) is 13.7. The molecule has 110 valence electrons. The van der Waals surface area contributed by atoms with Gasteiger partial charge < -0.3 is 0 Å². The summed E-state index contributed by atoms with van der Waals surface area (Å²) in [5.74, 6) is 0.688. The van der Waals surface area contributed by atoms with Crippen LogP contribution >= 0.6 is 0 Å². The van der Waals surface area contributed by atoms with E-state index in [1.54, 1.807) is 0 Å². The molecule has 0 amide bonds. The van der Waals surface area contributed by atoms with Crippen molar-refractivity contribution in [2.24, 2.45) is 5.41 Å². The Morgan fingerprint density at radius 1 is 1.40 bits per heavy atom. The second kappa shape index (κ2) is 6.80. The number of hydrogen-bond acceptors (Lipinski definition) is 2. The number of hydrogen-bond donors (Lipinski definition) is 0. The molecule has 1 aromatic carbocycles. The fourth-order valence-electron chi connectivity index (χ4n) is 2.03. The van der Waals surface area contributed by atoms with Crippen LogP contribution in [-0.2, 0) is 9.47 Å². The molecule has 0 bridgehead atoms. The Balaban J connectivity index is 2.18. The fourth-order valence-corrected chi connectivity index (χ4v) is 3.59. The van der Waals surface area contributed by atoms with E-state index in [2.05, 4.69) is 37.9 Å². The van der Waals surface area contributed by atoms with Gasteiger partial charge in [-0.15, -0.1) is 0 Å². The molecule has 0 N–H and O–H groups in total. The van der Waals surface area contributed by atoms with Gasteiger partial charge in [0, 0.05) is 0 Å². The van der Waals surface area contributed by atoms with Gasteiger partial charge in [-0.1, -0.05) is 0 Å². The van der Waals surface area contributed by atoms with Gasteiger partial charge >= 0.3 is 130 Å². The van der Waals surface area contributed by atoms with Crippen LogP contribution in [-0.4, -0.2) is 33.7 Å². The molecule has 0 radical (unpaired) electrons. The van der Waals surface area contributed by atoms with Gasteiger partial charge in [0.05, 0.1) is 0 Å². The van der Waals surface area contributed by atoms with Crippen LogP contribution in [0.2, 0.25) is 0 Å². The van der Waals surface area contributed by atoms with Gasteiger partial charge in [0.25, 0.3) is 0 Å². The van der Waals surface area contributed by atoms with Gasteiger partial charge in [-0.3, -0.25) is 0 Å². The molecule has 0 aliphatic carbocycles. The molecule has 2 atom stereocenters. The van der Waals surface area contributed by atoms with Crippen LogP contribution in [0.3, 0.4) is 0 Å². The quantitative estimate of drug-likeness (QED) is 0.784. The molecule has 2 nitrogen and oxygen atoms in total. The predicted octanol–water partition coefficient (Wildman–Crippen LogP) is 3.10. The van der Waals surface area contributed by atoms with Crippen LogP contribution in [0, 0.1) is 5.41 Å². The average molecular weight is 340 g/mol. The minimum absolute atomic E-state index is 0.0126. The van der Waals surface area contributed by atoms with Gasteiger partial charge in [0.15, 0.2) is 0 Å². The van der Waals surface area contributed by atoms with E-state index in [1.807, 2.05) is 25.1 Å². The third kappa shape index (κ3) is 4.11. The monoisotopic (exact) mass is 341 g/mol. The maximum atomic E-state index is 8.61. The predicted molar refractivity (Wildman–Crippen MR) is 84.3 cm³/mol. The zero-order valence-corrected chi connectivity index (χ0v) is 14.4. The van der Waals surface area contributed by atoms with E-state index >= 15 is 0 Å². The van der Waals surface area contributed by atoms with Crippen molar-refractivity contribution in [1.82, 2.24) is 0 Å². The van der Waals surface area contributed by atoms with Crippen molar-refractivity contribution in [2.75, 3.05) is 6.61 Å². The van der Waals surface area contributed by atoms with Gasteiger partial charge in [0.1, 0.15) is 0 Å². The average Bonchev–Trinajstić information content (AvgIpc) is 2.75. The van der Waals surface area contributed by atoms with Crippen molar-refractivity contribution < 1.29 is 10.8 Å². The van der Waals surface area contributed by atoms with Crippen LogP contribution in [0.5, 0.6) is 0 Å². The molecule has 1 heterocycles. The first kappa shape index (κ1) is 14.2. The van der Waals surface area contributed by atoms with Crippen LogP contribution in [0.15, 0.2) is 41.1 Å². The molecule has 20 heavy (non-hydrogen) atoms. The van der Waals surface area contributed by atoms with Crippen LogP contribution in [0.4, 0.5) is 0 Å². The second-order valence-corrected chi connectivity index (χ2v) is 7.92. The summed E-state index contributed by atoms with van der Waals surface area (Å²) in [4.78, 5) is 2.07. The SMILES string of the molecule is [2H][C@@]1(OCC)C[C@@H](C(C)(C)C)O/C1=C\[Se]c1ccccc1. The van der Waals surface area contributed by atoms with Gasteiger partial charge in [-0.05, 0) is 0 Å². The van der Waals surface area contributed by atoms with Crippen molar-refractivity contribution in [3.63, 3.8) is 0 Å². The topological polar surface area (TPSA) is 18.5 Å². The Hall–Kier alpha value is -0.761. The standard InChI is InChI=1S/C17H24O2Se/c1-5-18-14-11-16(17(2,3)4)19-15(14)12-20-13-9-7-6-8-10-13/h6-10,12,14,16H,5,11H2,1-4H3/b15-12-/t14-,16+/m1/s1/i14D. The summed E-state index contributed by atoms with van der Waals surface area (Å²) in [7, 11) is 0. The summed E-state index contributed by atoms with van der Waals surface area (Å²) in [6, 6.07) is 10.3. The first-order valence-electron chi connectivity index (χ1n) is 7.58. The van der Waals surface area contributed by atoms with Crippen molar-refractivity contribution in [3.05, 3.63) is 41.1 Å². The van der Waals surface area contributed by atoms with Crippen LogP contribution in [0.25, 0.3) is 0 Å². The third-order valence-electron chi connectivity index (χ3n) is 3.24. The normalized spacial score (nSPS) is 29.3. The Labute approximate surface area is 130 Å². The molecule has 2 rings (SSSR count). The van der Waals surface area contributed by atoms with E-state index < -0.39 is 6.08 Å². The molecule has 0 saturated carbocycles. The molecule has 0 aromatic heterocycles. The van der Waals surface area contributed by atoms with Crippen molar-refractivity contribution in [1.29, 1.82) is 0 Å². The second-order valence-electron chi connectivity index (χ2n) is 5.95. The van der Waals surface area contributed by atoms with E-state index in [1.165, 1.54) is 4.46 Å². The molecule has 0 spiro atoms. The summed E-state index contributed by atoms with van der Waals surface area (Å²) >= 11 is 0.159. The fraction of sp³-hybridized carbons (Fsp3) is 0.529. The Bertz CT molecular complexity index is 495. The van der Waals surface area contributed by atoms with Gasteiger partial charge in [0.2, 0.25) is 0 Å². The van der Waals surface area contributed by atoms with E-state index in [9.17, 15) is 0 Å². The zero-order chi connectivity index (χ0) is 15.5. The number of rotatable bonds is 4. The Morgan fingerprint density at radius 3 is 2.70 bits per heavy atom. The molecule has 1 saturated heterocycles. The van der Waals surface area contributed by atoms with Crippen molar-refractivity contribution in [2.45, 2.75) is 46.3 Å².